The smallest absolute Gasteiger partial charge is 0.243 e. The van der Waals surface area contributed by atoms with E-state index in [0.717, 1.165) is 11.1 Å². The van der Waals surface area contributed by atoms with Crippen LogP contribution in [0.25, 0.3) is 0 Å². The molecule has 6 nitrogen and oxygen atoms in total. The molecule has 144 valence electrons. The minimum absolute atomic E-state index is 0.219. The molecule has 3 rings (SSSR count). The molecule has 2 aromatic rings. The van der Waals surface area contributed by atoms with Gasteiger partial charge in [-0.25, -0.2) is 8.42 Å². The lowest BCUT2D eigenvalue weighted by Gasteiger charge is -2.23. The summed E-state index contributed by atoms with van der Waals surface area (Å²) in [4.78, 5) is 12.9. The molecule has 0 bridgehead atoms. The van der Waals surface area contributed by atoms with Gasteiger partial charge >= 0.3 is 0 Å². The fraction of sp³-hybridized carbons (Fsp3) is 0.350. The van der Waals surface area contributed by atoms with Gasteiger partial charge in [-0.15, -0.1) is 0 Å². The number of aryl methyl sites for hydroxylation is 1. The molecule has 1 aliphatic heterocycles. The van der Waals surface area contributed by atoms with E-state index in [4.69, 9.17) is 4.74 Å². The minimum Gasteiger partial charge on any atom is -0.380 e. The van der Waals surface area contributed by atoms with Crippen LogP contribution in [0.1, 0.15) is 24.0 Å². The van der Waals surface area contributed by atoms with Crippen LogP contribution in [-0.2, 0) is 26.2 Å². The van der Waals surface area contributed by atoms with E-state index in [1.54, 1.807) is 43.5 Å². The number of nitrogens with zero attached hydrogens (tertiary/aromatic N) is 1. The second kappa shape index (κ2) is 8.21. The Morgan fingerprint density at radius 3 is 2.44 bits per heavy atom. The number of carbonyl (C=O) groups is 1. The Labute approximate surface area is 160 Å². The Bertz CT molecular complexity index is 893. The molecule has 7 heteroatoms. The maximum atomic E-state index is 13.0. The summed E-state index contributed by atoms with van der Waals surface area (Å²) in [6.45, 7) is 2.75. The highest BCUT2D eigenvalue weighted by molar-refractivity contribution is 7.89. The number of ether oxygens (including phenoxy) is 1. The number of anilines is 1. The van der Waals surface area contributed by atoms with E-state index in [1.165, 1.54) is 4.31 Å². The summed E-state index contributed by atoms with van der Waals surface area (Å²) in [7, 11) is -2.08. The zero-order chi connectivity index (χ0) is 19.4. The second-order valence-electron chi connectivity index (χ2n) is 6.71. The van der Waals surface area contributed by atoms with Gasteiger partial charge in [-0.1, -0.05) is 29.8 Å². The van der Waals surface area contributed by atoms with Gasteiger partial charge in [0.15, 0.2) is 0 Å². The standard InChI is InChI=1S/C20H24N2O4S/c1-15-5-11-18(12-6-15)27(24,25)22-13-3-4-19(22)20(23)21-17-9-7-16(8-10-17)14-26-2/h5-12,19H,3-4,13-14H2,1-2H3,(H,21,23)/t19-/m0/s1. The average Bonchev–Trinajstić information content (AvgIpc) is 3.15. The third-order valence-electron chi connectivity index (χ3n) is 4.67. The number of sulfonamides is 1. The van der Waals surface area contributed by atoms with Crippen molar-refractivity contribution < 1.29 is 17.9 Å². The topological polar surface area (TPSA) is 75.7 Å². The SMILES string of the molecule is COCc1ccc(NC(=O)[C@@H]2CCCN2S(=O)(=O)c2ccc(C)cc2)cc1. The first kappa shape index (κ1) is 19.5. The highest BCUT2D eigenvalue weighted by atomic mass is 32.2. The van der Waals surface area contributed by atoms with Gasteiger partial charge in [-0.3, -0.25) is 4.79 Å². The first-order chi connectivity index (χ1) is 12.9. The van der Waals surface area contributed by atoms with Crippen molar-refractivity contribution in [2.75, 3.05) is 19.0 Å². The summed E-state index contributed by atoms with van der Waals surface area (Å²) in [6, 6.07) is 13.3. The number of hydrogen-bond donors (Lipinski definition) is 1. The Morgan fingerprint density at radius 2 is 1.81 bits per heavy atom. The lowest BCUT2D eigenvalue weighted by molar-refractivity contribution is -0.119. The van der Waals surface area contributed by atoms with Crippen molar-refractivity contribution in [2.24, 2.45) is 0 Å². The molecule has 0 aliphatic carbocycles. The lowest BCUT2D eigenvalue weighted by Crippen LogP contribution is -2.43. The molecule has 1 N–H and O–H groups in total. The Balaban J connectivity index is 1.75. The summed E-state index contributed by atoms with van der Waals surface area (Å²) >= 11 is 0. The molecule has 1 aliphatic rings. The molecule has 1 atom stereocenters. The second-order valence-corrected chi connectivity index (χ2v) is 8.60. The van der Waals surface area contributed by atoms with Crippen LogP contribution in [0.15, 0.2) is 53.4 Å². The van der Waals surface area contributed by atoms with E-state index >= 15 is 0 Å². The summed E-state index contributed by atoms with van der Waals surface area (Å²) in [5.74, 6) is -0.303. The average molecular weight is 388 g/mol. The van der Waals surface area contributed by atoms with Crippen molar-refractivity contribution >= 4 is 21.6 Å². The molecule has 2 aromatic carbocycles. The van der Waals surface area contributed by atoms with Crippen LogP contribution in [0.5, 0.6) is 0 Å². The van der Waals surface area contributed by atoms with Gasteiger partial charge in [-0.05, 0) is 49.6 Å². The van der Waals surface area contributed by atoms with Crippen LogP contribution in [0, 0.1) is 6.92 Å². The quantitative estimate of drug-likeness (QED) is 0.826. The molecule has 0 unspecified atom stereocenters. The van der Waals surface area contributed by atoms with Gasteiger partial charge in [-0.2, -0.15) is 4.31 Å². The first-order valence-corrected chi connectivity index (χ1v) is 10.3. The van der Waals surface area contributed by atoms with E-state index in [1.807, 2.05) is 19.1 Å². The fourth-order valence-corrected chi connectivity index (χ4v) is 4.87. The van der Waals surface area contributed by atoms with Gasteiger partial charge in [0.2, 0.25) is 15.9 Å². The van der Waals surface area contributed by atoms with E-state index in [0.29, 0.717) is 31.7 Å². The largest absolute Gasteiger partial charge is 0.380 e. The van der Waals surface area contributed by atoms with E-state index < -0.39 is 16.1 Å². The molecule has 0 aromatic heterocycles. The number of methoxy groups -OCH3 is 1. The predicted molar refractivity (Wildman–Crippen MR) is 104 cm³/mol. The highest BCUT2D eigenvalue weighted by Gasteiger charge is 2.39. The first-order valence-electron chi connectivity index (χ1n) is 8.89. The maximum Gasteiger partial charge on any atom is 0.243 e. The zero-order valence-electron chi connectivity index (χ0n) is 15.5. The normalized spacial score (nSPS) is 17.8. The Morgan fingerprint density at radius 1 is 1.15 bits per heavy atom. The van der Waals surface area contributed by atoms with Crippen molar-refractivity contribution in [3.8, 4) is 0 Å². The number of rotatable bonds is 6. The van der Waals surface area contributed by atoms with Crippen molar-refractivity contribution in [3.05, 3.63) is 59.7 Å². The molecular weight excluding hydrogens is 364 g/mol. The molecule has 0 radical (unpaired) electrons. The molecule has 1 heterocycles. The Hall–Kier alpha value is -2.22. The minimum atomic E-state index is -3.70. The Kier molecular flexibility index (Phi) is 5.94. The van der Waals surface area contributed by atoms with Gasteiger partial charge in [0, 0.05) is 19.3 Å². The maximum absolute atomic E-state index is 13.0. The van der Waals surface area contributed by atoms with Crippen LogP contribution in [0.2, 0.25) is 0 Å². The monoisotopic (exact) mass is 388 g/mol. The van der Waals surface area contributed by atoms with Gasteiger partial charge < -0.3 is 10.1 Å². The fourth-order valence-electron chi connectivity index (χ4n) is 3.21. The summed E-state index contributed by atoms with van der Waals surface area (Å²) < 4.78 is 32.3. The van der Waals surface area contributed by atoms with Crippen LogP contribution in [0.3, 0.4) is 0 Å². The van der Waals surface area contributed by atoms with Crippen LogP contribution in [-0.4, -0.2) is 38.3 Å². The highest BCUT2D eigenvalue weighted by Crippen LogP contribution is 2.27. The van der Waals surface area contributed by atoms with Gasteiger partial charge in [0.1, 0.15) is 6.04 Å². The van der Waals surface area contributed by atoms with E-state index in [-0.39, 0.29) is 10.8 Å². The number of hydrogen-bond acceptors (Lipinski definition) is 4. The summed E-state index contributed by atoms with van der Waals surface area (Å²) in [5, 5.41) is 2.83. The van der Waals surface area contributed by atoms with Crippen molar-refractivity contribution in [3.63, 3.8) is 0 Å². The van der Waals surface area contributed by atoms with Crippen molar-refractivity contribution in [1.82, 2.24) is 4.31 Å². The summed E-state index contributed by atoms with van der Waals surface area (Å²) in [5.41, 5.74) is 2.63. The molecule has 0 saturated carbocycles. The summed E-state index contributed by atoms with van der Waals surface area (Å²) in [6.07, 6.45) is 1.18. The molecule has 27 heavy (non-hydrogen) atoms. The van der Waals surface area contributed by atoms with Crippen LogP contribution >= 0.6 is 0 Å². The van der Waals surface area contributed by atoms with Crippen LogP contribution < -0.4 is 5.32 Å². The van der Waals surface area contributed by atoms with Crippen molar-refractivity contribution in [2.45, 2.75) is 37.3 Å². The number of amides is 1. The number of carbonyl (C=O) groups excluding carboxylic acids is 1. The van der Waals surface area contributed by atoms with E-state index in [2.05, 4.69) is 5.32 Å². The van der Waals surface area contributed by atoms with E-state index in [9.17, 15) is 13.2 Å². The third-order valence-corrected chi connectivity index (χ3v) is 6.59. The number of nitrogens with one attached hydrogen (secondary N) is 1. The molecular formula is C20H24N2O4S. The lowest BCUT2D eigenvalue weighted by atomic mass is 10.2. The number of benzene rings is 2. The molecule has 1 amide bonds. The zero-order valence-corrected chi connectivity index (χ0v) is 16.3. The van der Waals surface area contributed by atoms with Gasteiger partial charge in [0.05, 0.1) is 11.5 Å². The van der Waals surface area contributed by atoms with Gasteiger partial charge in [0.25, 0.3) is 0 Å². The van der Waals surface area contributed by atoms with Crippen LogP contribution in [0.4, 0.5) is 5.69 Å². The third kappa shape index (κ3) is 4.37. The van der Waals surface area contributed by atoms with Crippen molar-refractivity contribution in [1.29, 1.82) is 0 Å². The molecule has 0 spiro atoms. The predicted octanol–water partition coefficient (Wildman–Crippen LogP) is 2.93. The molecule has 1 fully saturated rings. The molecule has 1 saturated heterocycles.